The van der Waals surface area contributed by atoms with Crippen molar-refractivity contribution in [1.82, 2.24) is 9.69 Å². The van der Waals surface area contributed by atoms with Crippen molar-refractivity contribution in [3.05, 3.63) is 11.3 Å². The second-order valence-electron chi connectivity index (χ2n) is 4.58. The third kappa shape index (κ3) is 4.63. The van der Waals surface area contributed by atoms with E-state index in [1.165, 1.54) is 18.5 Å². The van der Waals surface area contributed by atoms with Crippen molar-refractivity contribution in [3.63, 3.8) is 0 Å². The first-order valence-corrected chi connectivity index (χ1v) is 7.23. The minimum atomic E-state index is -0.00203. The van der Waals surface area contributed by atoms with Crippen molar-refractivity contribution in [2.45, 2.75) is 46.6 Å². The summed E-state index contributed by atoms with van der Waals surface area (Å²) in [6.45, 7) is 7.85. The third-order valence-corrected chi connectivity index (χ3v) is 3.77. The van der Waals surface area contributed by atoms with Crippen LogP contribution in [0.5, 0.6) is 0 Å². The van der Waals surface area contributed by atoms with Crippen molar-refractivity contribution in [1.29, 1.82) is 0 Å². The van der Waals surface area contributed by atoms with Crippen LogP contribution in [-0.2, 0) is 4.79 Å². The van der Waals surface area contributed by atoms with Gasteiger partial charge in [-0.25, -0.2) is 0 Å². The molecule has 0 aliphatic carbocycles. The second-order valence-corrected chi connectivity index (χ2v) is 5.36. The van der Waals surface area contributed by atoms with E-state index in [-0.39, 0.29) is 17.7 Å². The van der Waals surface area contributed by atoms with Crippen LogP contribution in [0.15, 0.2) is 0 Å². The molecule has 106 valence electrons. The van der Waals surface area contributed by atoms with Crippen LogP contribution in [0, 0.1) is 6.92 Å². The summed E-state index contributed by atoms with van der Waals surface area (Å²) in [5.41, 5.74) is 1.37. The van der Waals surface area contributed by atoms with Gasteiger partial charge in [0.1, 0.15) is 5.00 Å². The molecular formula is C13H21N3O2S. The Morgan fingerprint density at radius 1 is 1.42 bits per heavy atom. The number of hydrogen-bond donors (Lipinski definition) is 2. The predicted octanol–water partition coefficient (Wildman–Crippen LogP) is 2.37. The standard InChI is InChI=1S/C13H21N3O2S/c1-5-8(2)15-11(18)6-7-14-13-12(10(4)17)9(3)16-19-13/h8,14H,5-7H2,1-4H3,(H,15,18). The molecule has 0 saturated heterocycles. The topological polar surface area (TPSA) is 71.1 Å². The number of rotatable bonds is 7. The monoisotopic (exact) mass is 283 g/mol. The molecule has 0 radical (unpaired) electrons. The Morgan fingerprint density at radius 3 is 2.68 bits per heavy atom. The van der Waals surface area contributed by atoms with Crippen molar-refractivity contribution < 1.29 is 9.59 Å². The summed E-state index contributed by atoms with van der Waals surface area (Å²) < 4.78 is 4.16. The summed E-state index contributed by atoms with van der Waals surface area (Å²) >= 11 is 1.26. The second kappa shape index (κ2) is 7.23. The van der Waals surface area contributed by atoms with Crippen LogP contribution in [0.4, 0.5) is 5.00 Å². The first kappa shape index (κ1) is 15.6. The Morgan fingerprint density at radius 2 is 2.11 bits per heavy atom. The number of carbonyl (C=O) groups excluding carboxylic acids is 2. The highest BCUT2D eigenvalue weighted by atomic mass is 32.1. The number of amides is 1. The lowest BCUT2D eigenvalue weighted by Crippen LogP contribution is -2.32. The van der Waals surface area contributed by atoms with E-state index in [0.29, 0.717) is 18.5 Å². The summed E-state index contributed by atoms with van der Waals surface area (Å²) in [5.74, 6) is 0.0188. The van der Waals surface area contributed by atoms with E-state index in [1.807, 2.05) is 20.8 Å². The number of carbonyl (C=O) groups is 2. The summed E-state index contributed by atoms with van der Waals surface area (Å²) in [7, 11) is 0. The third-order valence-electron chi connectivity index (χ3n) is 2.87. The van der Waals surface area contributed by atoms with Gasteiger partial charge in [-0.15, -0.1) is 0 Å². The average Bonchev–Trinajstić information content (AvgIpc) is 2.70. The molecule has 0 saturated carbocycles. The van der Waals surface area contributed by atoms with Crippen LogP contribution in [0.2, 0.25) is 0 Å². The largest absolute Gasteiger partial charge is 0.375 e. The lowest BCUT2D eigenvalue weighted by Gasteiger charge is -2.11. The molecule has 1 aromatic rings. The number of nitrogens with zero attached hydrogens (tertiary/aromatic N) is 1. The zero-order valence-electron chi connectivity index (χ0n) is 11.9. The van der Waals surface area contributed by atoms with E-state index in [1.54, 1.807) is 0 Å². The first-order valence-electron chi connectivity index (χ1n) is 6.46. The van der Waals surface area contributed by atoms with E-state index in [0.717, 1.165) is 17.1 Å². The summed E-state index contributed by atoms with van der Waals surface area (Å²) in [6, 6.07) is 0.200. The maximum Gasteiger partial charge on any atom is 0.221 e. The maximum absolute atomic E-state index is 11.6. The minimum absolute atomic E-state index is 0.00203. The quantitative estimate of drug-likeness (QED) is 0.754. The van der Waals surface area contributed by atoms with E-state index >= 15 is 0 Å². The molecule has 0 aliphatic rings. The van der Waals surface area contributed by atoms with Crippen molar-refractivity contribution in [2.24, 2.45) is 0 Å². The van der Waals surface area contributed by atoms with E-state index < -0.39 is 0 Å². The number of Topliss-reactive ketones (excluding diaryl/α,β-unsaturated/α-hetero) is 1. The fourth-order valence-electron chi connectivity index (χ4n) is 1.64. The molecule has 1 aromatic heterocycles. The molecule has 0 aromatic carbocycles. The lowest BCUT2D eigenvalue weighted by atomic mass is 10.2. The molecule has 1 heterocycles. The molecule has 5 nitrogen and oxygen atoms in total. The Balaban J connectivity index is 2.46. The van der Waals surface area contributed by atoms with Crippen molar-refractivity contribution in [3.8, 4) is 0 Å². The zero-order valence-corrected chi connectivity index (χ0v) is 12.7. The lowest BCUT2D eigenvalue weighted by molar-refractivity contribution is -0.121. The van der Waals surface area contributed by atoms with Crippen LogP contribution in [0.3, 0.4) is 0 Å². The van der Waals surface area contributed by atoms with Gasteiger partial charge in [0, 0.05) is 19.0 Å². The molecule has 1 atom stereocenters. The van der Waals surface area contributed by atoms with Gasteiger partial charge in [0.25, 0.3) is 0 Å². The van der Waals surface area contributed by atoms with Gasteiger partial charge in [0.15, 0.2) is 5.78 Å². The van der Waals surface area contributed by atoms with Crippen LogP contribution in [0.1, 0.15) is 49.7 Å². The van der Waals surface area contributed by atoms with Crippen LogP contribution < -0.4 is 10.6 Å². The van der Waals surface area contributed by atoms with Gasteiger partial charge >= 0.3 is 0 Å². The summed E-state index contributed by atoms with van der Waals surface area (Å²) in [5, 5.41) is 6.76. The fourth-order valence-corrected chi connectivity index (χ4v) is 2.51. The number of ketones is 1. The van der Waals surface area contributed by atoms with Gasteiger partial charge in [-0.3, -0.25) is 9.59 Å². The number of anilines is 1. The first-order chi connectivity index (χ1) is 8.95. The Hall–Kier alpha value is -1.43. The van der Waals surface area contributed by atoms with E-state index in [2.05, 4.69) is 15.0 Å². The highest BCUT2D eigenvalue weighted by Crippen LogP contribution is 2.24. The Bertz CT molecular complexity index is 457. The molecular weight excluding hydrogens is 262 g/mol. The zero-order chi connectivity index (χ0) is 14.4. The Kier molecular flexibility index (Phi) is 5.95. The van der Waals surface area contributed by atoms with Crippen molar-refractivity contribution >= 4 is 28.2 Å². The van der Waals surface area contributed by atoms with Crippen LogP contribution >= 0.6 is 11.5 Å². The predicted molar refractivity (Wildman–Crippen MR) is 77.9 cm³/mol. The molecule has 0 fully saturated rings. The fraction of sp³-hybridized carbons (Fsp3) is 0.615. The van der Waals surface area contributed by atoms with Gasteiger partial charge in [0.05, 0.1) is 11.3 Å². The smallest absolute Gasteiger partial charge is 0.221 e. The molecule has 1 unspecified atom stereocenters. The van der Waals surface area contributed by atoms with Gasteiger partial charge in [-0.2, -0.15) is 4.37 Å². The highest BCUT2D eigenvalue weighted by molar-refractivity contribution is 7.10. The number of hydrogen-bond acceptors (Lipinski definition) is 5. The summed E-state index contributed by atoms with van der Waals surface area (Å²) in [4.78, 5) is 23.1. The van der Waals surface area contributed by atoms with Gasteiger partial charge < -0.3 is 10.6 Å². The summed E-state index contributed by atoms with van der Waals surface area (Å²) in [6.07, 6.45) is 1.31. The number of aromatic nitrogens is 1. The highest BCUT2D eigenvalue weighted by Gasteiger charge is 2.14. The molecule has 2 N–H and O–H groups in total. The normalized spacial score (nSPS) is 12.0. The number of nitrogens with one attached hydrogen (secondary N) is 2. The molecule has 19 heavy (non-hydrogen) atoms. The van der Waals surface area contributed by atoms with Crippen LogP contribution in [-0.4, -0.2) is 28.7 Å². The van der Waals surface area contributed by atoms with Gasteiger partial charge in [-0.1, -0.05) is 6.92 Å². The molecule has 0 bridgehead atoms. The SMILES string of the molecule is CCC(C)NC(=O)CCNc1snc(C)c1C(C)=O. The van der Waals surface area contributed by atoms with E-state index in [4.69, 9.17) is 0 Å². The van der Waals surface area contributed by atoms with Gasteiger partial charge in [-0.05, 0) is 38.7 Å². The molecule has 0 aliphatic heterocycles. The minimum Gasteiger partial charge on any atom is -0.375 e. The van der Waals surface area contributed by atoms with E-state index in [9.17, 15) is 9.59 Å². The Labute approximate surface area is 118 Å². The number of aryl methyl sites for hydroxylation is 1. The molecule has 6 heteroatoms. The average molecular weight is 283 g/mol. The molecule has 1 amide bonds. The van der Waals surface area contributed by atoms with Crippen molar-refractivity contribution in [2.75, 3.05) is 11.9 Å². The molecule has 0 spiro atoms. The maximum atomic E-state index is 11.6. The van der Waals surface area contributed by atoms with Crippen LogP contribution in [0.25, 0.3) is 0 Å². The molecule has 1 rings (SSSR count). The van der Waals surface area contributed by atoms with Gasteiger partial charge in [0.2, 0.25) is 5.91 Å².